The molecule has 0 fully saturated rings. The standard InChI is InChI=1S/C33H29N3O5/c1-20-22(3)35(19-23-8-10-25(11-9-23)28-6-4-5-7-29(28)33(38)39)31-17-14-26(18-30(20)31)32(37)34-21(2)24-12-15-27(16-13-24)36(40)41/h4-18,21H,19H2,1-3H3,(H,34,37)(H,38,39). The predicted octanol–water partition coefficient (Wildman–Crippen LogP) is 7.07. The number of nitro groups is 1. The van der Waals surface area contributed by atoms with E-state index in [2.05, 4.69) is 16.8 Å². The molecule has 0 aliphatic heterocycles. The number of carboxylic acids is 1. The molecular weight excluding hydrogens is 518 g/mol. The van der Waals surface area contributed by atoms with E-state index in [9.17, 15) is 24.8 Å². The summed E-state index contributed by atoms with van der Waals surface area (Å²) in [7, 11) is 0. The van der Waals surface area contributed by atoms with Crippen LogP contribution in [0.3, 0.4) is 0 Å². The molecule has 1 heterocycles. The molecule has 4 aromatic carbocycles. The fraction of sp³-hybridized carbons (Fsp3) is 0.152. The Kier molecular flexibility index (Phi) is 7.40. The Morgan fingerprint density at radius 1 is 0.951 bits per heavy atom. The second kappa shape index (κ2) is 11.1. The number of benzene rings is 4. The number of aromatic nitrogens is 1. The predicted molar refractivity (Wildman–Crippen MR) is 158 cm³/mol. The van der Waals surface area contributed by atoms with Crippen molar-refractivity contribution >= 4 is 28.5 Å². The number of rotatable bonds is 8. The largest absolute Gasteiger partial charge is 0.478 e. The van der Waals surface area contributed by atoms with E-state index in [0.717, 1.165) is 38.9 Å². The van der Waals surface area contributed by atoms with Crippen LogP contribution in [0.25, 0.3) is 22.0 Å². The van der Waals surface area contributed by atoms with Gasteiger partial charge in [-0.05, 0) is 72.9 Å². The number of carboxylic acid groups (broad SMARTS) is 1. The molecule has 5 aromatic rings. The number of non-ortho nitro benzene ring substituents is 1. The van der Waals surface area contributed by atoms with Gasteiger partial charge in [0.2, 0.25) is 0 Å². The van der Waals surface area contributed by atoms with Crippen molar-refractivity contribution in [3.63, 3.8) is 0 Å². The van der Waals surface area contributed by atoms with Crippen molar-refractivity contribution in [1.82, 2.24) is 9.88 Å². The molecule has 0 aliphatic rings. The van der Waals surface area contributed by atoms with Gasteiger partial charge in [0.1, 0.15) is 0 Å². The fourth-order valence-corrected chi connectivity index (χ4v) is 5.14. The second-order valence-electron chi connectivity index (χ2n) is 10.1. The summed E-state index contributed by atoms with van der Waals surface area (Å²) in [4.78, 5) is 35.2. The highest BCUT2D eigenvalue weighted by Gasteiger charge is 2.17. The first kappa shape index (κ1) is 27.3. The number of aryl methyl sites for hydroxylation is 1. The van der Waals surface area contributed by atoms with Gasteiger partial charge >= 0.3 is 5.97 Å². The van der Waals surface area contributed by atoms with E-state index in [4.69, 9.17) is 0 Å². The maximum absolute atomic E-state index is 13.1. The summed E-state index contributed by atoms with van der Waals surface area (Å²) in [5.74, 6) is -1.18. The first-order valence-electron chi connectivity index (χ1n) is 13.2. The summed E-state index contributed by atoms with van der Waals surface area (Å²) < 4.78 is 2.21. The summed E-state index contributed by atoms with van der Waals surface area (Å²) in [5, 5.41) is 24.4. The van der Waals surface area contributed by atoms with Gasteiger partial charge in [0.25, 0.3) is 11.6 Å². The van der Waals surface area contributed by atoms with Gasteiger partial charge in [-0.3, -0.25) is 14.9 Å². The lowest BCUT2D eigenvalue weighted by molar-refractivity contribution is -0.384. The number of fused-ring (bicyclic) bond motifs is 1. The lowest BCUT2D eigenvalue weighted by Gasteiger charge is -2.14. The monoisotopic (exact) mass is 547 g/mol. The molecule has 8 heteroatoms. The van der Waals surface area contributed by atoms with Crippen LogP contribution in [-0.2, 0) is 6.54 Å². The minimum Gasteiger partial charge on any atom is -0.478 e. The van der Waals surface area contributed by atoms with Crippen molar-refractivity contribution in [1.29, 1.82) is 0 Å². The topological polar surface area (TPSA) is 114 Å². The van der Waals surface area contributed by atoms with Crippen LogP contribution in [0.2, 0.25) is 0 Å². The molecule has 1 unspecified atom stereocenters. The summed E-state index contributed by atoms with van der Waals surface area (Å²) >= 11 is 0. The molecule has 0 aliphatic carbocycles. The van der Waals surface area contributed by atoms with Gasteiger partial charge in [-0.25, -0.2) is 4.79 Å². The van der Waals surface area contributed by atoms with Crippen molar-refractivity contribution in [2.75, 3.05) is 0 Å². The lowest BCUT2D eigenvalue weighted by atomic mass is 9.99. The van der Waals surface area contributed by atoms with Crippen LogP contribution in [0.4, 0.5) is 5.69 Å². The van der Waals surface area contributed by atoms with Crippen LogP contribution < -0.4 is 5.32 Å². The number of nitrogens with zero attached hydrogens (tertiary/aromatic N) is 2. The van der Waals surface area contributed by atoms with E-state index in [1.807, 2.05) is 68.4 Å². The molecule has 0 saturated heterocycles. The van der Waals surface area contributed by atoms with Crippen LogP contribution in [0.1, 0.15) is 56.1 Å². The number of hydrogen-bond acceptors (Lipinski definition) is 4. The summed E-state index contributed by atoms with van der Waals surface area (Å²) in [6.07, 6.45) is 0. The van der Waals surface area contributed by atoms with Crippen molar-refractivity contribution in [3.05, 3.63) is 135 Å². The minimum atomic E-state index is -0.955. The molecule has 0 spiro atoms. The molecule has 5 rings (SSSR count). The van der Waals surface area contributed by atoms with Gasteiger partial charge in [-0.2, -0.15) is 0 Å². The third-order valence-corrected chi connectivity index (χ3v) is 7.62. The summed E-state index contributed by atoms with van der Waals surface area (Å²) in [6.45, 7) is 6.57. The highest BCUT2D eigenvalue weighted by Crippen LogP contribution is 2.29. The smallest absolute Gasteiger partial charge is 0.336 e. The van der Waals surface area contributed by atoms with Crippen LogP contribution in [0.15, 0.2) is 91.0 Å². The maximum atomic E-state index is 13.1. The van der Waals surface area contributed by atoms with Gasteiger partial charge < -0.3 is 15.0 Å². The van der Waals surface area contributed by atoms with E-state index in [0.29, 0.717) is 17.7 Å². The number of amides is 1. The SMILES string of the molecule is Cc1c(C)n(Cc2ccc(-c3ccccc3C(=O)O)cc2)c2ccc(C(=O)NC(C)c3ccc([N+](=O)[O-])cc3)cc12. The van der Waals surface area contributed by atoms with Crippen molar-refractivity contribution < 1.29 is 19.6 Å². The molecular formula is C33H29N3O5. The normalized spacial score (nSPS) is 11.8. The molecule has 1 amide bonds. The van der Waals surface area contributed by atoms with Gasteiger partial charge in [-0.1, -0.05) is 54.6 Å². The average molecular weight is 548 g/mol. The molecule has 206 valence electrons. The molecule has 0 radical (unpaired) electrons. The first-order valence-corrected chi connectivity index (χ1v) is 13.2. The molecule has 8 nitrogen and oxygen atoms in total. The second-order valence-corrected chi connectivity index (χ2v) is 10.1. The van der Waals surface area contributed by atoms with Crippen LogP contribution in [0, 0.1) is 24.0 Å². The van der Waals surface area contributed by atoms with Crippen LogP contribution in [0.5, 0.6) is 0 Å². The Morgan fingerprint density at radius 2 is 1.63 bits per heavy atom. The van der Waals surface area contributed by atoms with E-state index >= 15 is 0 Å². The van der Waals surface area contributed by atoms with E-state index < -0.39 is 10.9 Å². The van der Waals surface area contributed by atoms with Crippen molar-refractivity contribution in [3.8, 4) is 11.1 Å². The zero-order valence-corrected chi connectivity index (χ0v) is 22.9. The molecule has 0 bridgehead atoms. The number of aromatic carboxylic acids is 1. The highest BCUT2D eigenvalue weighted by molar-refractivity contribution is 5.99. The molecule has 0 saturated carbocycles. The van der Waals surface area contributed by atoms with E-state index in [-0.39, 0.29) is 23.2 Å². The van der Waals surface area contributed by atoms with Gasteiger partial charge in [-0.15, -0.1) is 0 Å². The third-order valence-electron chi connectivity index (χ3n) is 7.62. The van der Waals surface area contributed by atoms with Crippen molar-refractivity contribution in [2.24, 2.45) is 0 Å². The van der Waals surface area contributed by atoms with Gasteiger partial charge in [0.15, 0.2) is 0 Å². The van der Waals surface area contributed by atoms with E-state index in [1.165, 1.54) is 12.1 Å². The first-order chi connectivity index (χ1) is 19.6. The van der Waals surface area contributed by atoms with Crippen LogP contribution in [-0.4, -0.2) is 26.5 Å². The quantitative estimate of drug-likeness (QED) is 0.159. The Bertz CT molecular complexity index is 1790. The zero-order valence-electron chi connectivity index (χ0n) is 22.9. The summed E-state index contributed by atoms with van der Waals surface area (Å²) in [6, 6.07) is 26.4. The number of nitro benzene ring substituents is 1. The summed E-state index contributed by atoms with van der Waals surface area (Å²) in [5.41, 5.74) is 7.38. The Morgan fingerprint density at radius 3 is 2.29 bits per heavy atom. The Balaban J connectivity index is 1.36. The molecule has 2 N–H and O–H groups in total. The zero-order chi connectivity index (χ0) is 29.3. The highest BCUT2D eigenvalue weighted by atomic mass is 16.6. The molecule has 41 heavy (non-hydrogen) atoms. The Labute approximate surface area is 237 Å². The fourth-order valence-electron chi connectivity index (χ4n) is 5.14. The lowest BCUT2D eigenvalue weighted by Crippen LogP contribution is -2.26. The van der Waals surface area contributed by atoms with E-state index in [1.54, 1.807) is 24.3 Å². The van der Waals surface area contributed by atoms with Crippen molar-refractivity contribution in [2.45, 2.75) is 33.4 Å². The molecule has 1 aromatic heterocycles. The van der Waals surface area contributed by atoms with Crippen LogP contribution >= 0.6 is 0 Å². The number of hydrogen-bond donors (Lipinski definition) is 2. The number of carbonyl (C=O) groups is 2. The maximum Gasteiger partial charge on any atom is 0.336 e. The number of carbonyl (C=O) groups excluding carboxylic acids is 1. The van der Waals surface area contributed by atoms with Gasteiger partial charge in [0, 0.05) is 40.8 Å². The number of nitrogens with one attached hydrogen (secondary N) is 1. The Hall–Kier alpha value is -5.24. The minimum absolute atomic E-state index is 0.00699. The molecule has 1 atom stereocenters. The third kappa shape index (κ3) is 5.45. The average Bonchev–Trinajstić information content (AvgIpc) is 3.21. The van der Waals surface area contributed by atoms with Gasteiger partial charge in [0.05, 0.1) is 16.5 Å².